The summed E-state index contributed by atoms with van der Waals surface area (Å²) in [6.07, 6.45) is 6.28. The van der Waals surface area contributed by atoms with Crippen molar-refractivity contribution in [3.63, 3.8) is 0 Å². The molecule has 0 bridgehead atoms. The Bertz CT molecular complexity index is 433. The van der Waals surface area contributed by atoms with Crippen LogP contribution >= 0.6 is 11.8 Å². The quantitative estimate of drug-likeness (QED) is 0.923. The molecule has 1 aromatic rings. The maximum Gasteiger partial charge on any atom is 0.243 e. The minimum atomic E-state index is -0.0851. The van der Waals surface area contributed by atoms with Crippen LogP contribution < -0.4 is 5.73 Å². The van der Waals surface area contributed by atoms with Gasteiger partial charge in [-0.15, -0.1) is 0 Å². The summed E-state index contributed by atoms with van der Waals surface area (Å²) in [7, 11) is 2.13. The molecule has 0 radical (unpaired) electrons. The van der Waals surface area contributed by atoms with Crippen LogP contribution in [0.3, 0.4) is 0 Å². The van der Waals surface area contributed by atoms with Crippen molar-refractivity contribution in [2.24, 2.45) is 11.7 Å². The number of hydrogen-bond donors (Lipinski definition) is 1. The topological polar surface area (TPSA) is 68.2 Å². The number of aromatic nitrogens is 2. The average molecular weight is 296 g/mol. The molecule has 6 heteroatoms. The van der Waals surface area contributed by atoms with E-state index in [1.54, 1.807) is 0 Å². The molecule has 0 amide bonds. The molecule has 0 spiro atoms. The van der Waals surface area contributed by atoms with Gasteiger partial charge in [0.25, 0.3) is 0 Å². The van der Waals surface area contributed by atoms with Gasteiger partial charge in [0.15, 0.2) is 5.82 Å². The summed E-state index contributed by atoms with van der Waals surface area (Å²) in [6.45, 7) is 1.08. The molecule has 20 heavy (non-hydrogen) atoms. The van der Waals surface area contributed by atoms with Gasteiger partial charge in [-0.25, -0.2) is 0 Å². The smallest absolute Gasteiger partial charge is 0.243 e. The SMILES string of the molecule is CN1CCSCC1c1noc(C(N)C2CCCCC2)n1. The van der Waals surface area contributed by atoms with Gasteiger partial charge in [-0.3, -0.25) is 4.90 Å². The molecule has 2 N–H and O–H groups in total. The van der Waals surface area contributed by atoms with Crippen LogP contribution in [0.5, 0.6) is 0 Å². The molecule has 2 atom stereocenters. The van der Waals surface area contributed by atoms with Crippen molar-refractivity contribution in [1.29, 1.82) is 0 Å². The zero-order valence-corrected chi connectivity index (χ0v) is 12.9. The maximum atomic E-state index is 6.33. The first kappa shape index (κ1) is 14.4. The van der Waals surface area contributed by atoms with E-state index >= 15 is 0 Å². The molecule has 1 aliphatic heterocycles. The number of thioether (sulfide) groups is 1. The Morgan fingerprint density at radius 2 is 2.15 bits per heavy atom. The zero-order chi connectivity index (χ0) is 13.9. The number of nitrogens with zero attached hydrogens (tertiary/aromatic N) is 3. The first-order chi connectivity index (χ1) is 9.75. The number of hydrogen-bond acceptors (Lipinski definition) is 6. The lowest BCUT2D eigenvalue weighted by Crippen LogP contribution is -2.33. The van der Waals surface area contributed by atoms with E-state index in [2.05, 4.69) is 22.1 Å². The van der Waals surface area contributed by atoms with E-state index < -0.39 is 0 Å². The molecule has 1 saturated carbocycles. The average Bonchev–Trinajstić information content (AvgIpc) is 2.97. The lowest BCUT2D eigenvalue weighted by atomic mass is 9.84. The van der Waals surface area contributed by atoms with Crippen molar-refractivity contribution in [1.82, 2.24) is 15.0 Å². The molecule has 1 saturated heterocycles. The molecule has 3 rings (SSSR count). The van der Waals surface area contributed by atoms with Crippen LogP contribution in [0.15, 0.2) is 4.52 Å². The molecular formula is C14H24N4OS. The highest BCUT2D eigenvalue weighted by Gasteiger charge is 2.30. The first-order valence-corrected chi connectivity index (χ1v) is 8.78. The largest absolute Gasteiger partial charge is 0.338 e. The Hall–Kier alpha value is -0.590. The van der Waals surface area contributed by atoms with Gasteiger partial charge in [0.05, 0.1) is 12.1 Å². The fourth-order valence-electron chi connectivity index (χ4n) is 3.17. The van der Waals surface area contributed by atoms with E-state index in [4.69, 9.17) is 10.3 Å². The predicted octanol–water partition coefficient (Wildman–Crippen LogP) is 2.37. The van der Waals surface area contributed by atoms with Gasteiger partial charge in [-0.05, 0) is 25.8 Å². The Balaban J connectivity index is 1.69. The van der Waals surface area contributed by atoms with Crippen molar-refractivity contribution in [2.45, 2.75) is 44.2 Å². The highest BCUT2D eigenvalue weighted by Crippen LogP contribution is 2.33. The van der Waals surface area contributed by atoms with Crippen LogP contribution in [0.4, 0.5) is 0 Å². The Labute approximate surface area is 124 Å². The van der Waals surface area contributed by atoms with Gasteiger partial charge in [0, 0.05) is 18.1 Å². The van der Waals surface area contributed by atoms with Crippen molar-refractivity contribution in [3.8, 4) is 0 Å². The van der Waals surface area contributed by atoms with Crippen LogP contribution in [0.25, 0.3) is 0 Å². The minimum Gasteiger partial charge on any atom is -0.338 e. The second kappa shape index (κ2) is 6.45. The van der Waals surface area contributed by atoms with Crippen molar-refractivity contribution >= 4 is 11.8 Å². The third-order valence-electron chi connectivity index (χ3n) is 4.59. The molecule has 0 aromatic carbocycles. The molecule has 112 valence electrons. The highest BCUT2D eigenvalue weighted by atomic mass is 32.2. The molecule has 2 unspecified atom stereocenters. The van der Waals surface area contributed by atoms with E-state index in [0.29, 0.717) is 11.8 Å². The second-order valence-corrected chi connectivity index (χ2v) is 7.14. The van der Waals surface area contributed by atoms with Gasteiger partial charge < -0.3 is 10.3 Å². The highest BCUT2D eigenvalue weighted by molar-refractivity contribution is 7.99. The second-order valence-electron chi connectivity index (χ2n) is 5.99. The summed E-state index contributed by atoms with van der Waals surface area (Å²) in [5.41, 5.74) is 6.33. The van der Waals surface area contributed by atoms with E-state index in [0.717, 1.165) is 18.1 Å². The maximum absolute atomic E-state index is 6.33. The Morgan fingerprint density at radius 3 is 2.90 bits per heavy atom. The molecule has 1 aliphatic carbocycles. The standard InChI is InChI=1S/C14H24N4OS/c1-18-7-8-20-9-11(18)13-16-14(19-17-13)12(15)10-5-3-2-4-6-10/h10-12H,2-9,15H2,1H3. The van der Waals surface area contributed by atoms with Gasteiger partial charge >= 0.3 is 0 Å². The van der Waals surface area contributed by atoms with Crippen LogP contribution in [0.1, 0.15) is 55.9 Å². The normalized spacial score (nSPS) is 27.6. The lowest BCUT2D eigenvalue weighted by Gasteiger charge is -2.29. The van der Waals surface area contributed by atoms with E-state index in [1.807, 2.05) is 11.8 Å². The molecule has 5 nitrogen and oxygen atoms in total. The minimum absolute atomic E-state index is 0.0851. The molecule has 2 fully saturated rings. The van der Waals surface area contributed by atoms with Crippen LogP contribution in [-0.2, 0) is 0 Å². The van der Waals surface area contributed by atoms with E-state index in [9.17, 15) is 0 Å². The van der Waals surface area contributed by atoms with Crippen molar-refractivity contribution < 1.29 is 4.52 Å². The van der Waals surface area contributed by atoms with E-state index in [-0.39, 0.29) is 12.1 Å². The summed E-state index contributed by atoms with van der Waals surface area (Å²) >= 11 is 1.95. The van der Waals surface area contributed by atoms with Gasteiger partial charge in [-0.1, -0.05) is 24.4 Å². The van der Waals surface area contributed by atoms with Crippen LogP contribution in [0, 0.1) is 5.92 Å². The molecular weight excluding hydrogens is 272 g/mol. The molecule has 2 heterocycles. The first-order valence-electron chi connectivity index (χ1n) is 7.63. The third-order valence-corrected chi connectivity index (χ3v) is 5.62. The van der Waals surface area contributed by atoms with Crippen LogP contribution in [-0.4, -0.2) is 40.1 Å². The zero-order valence-electron chi connectivity index (χ0n) is 12.1. The number of nitrogens with two attached hydrogens (primary N) is 1. The van der Waals surface area contributed by atoms with E-state index in [1.165, 1.54) is 37.9 Å². The predicted molar refractivity (Wildman–Crippen MR) is 80.5 cm³/mol. The molecule has 1 aromatic heterocycles. The Kier molecular flexibility index (Phi) is 4.63. The lowest BCUT2D eigenvalue weighted by molar-refractivity contribution is 0.245. The summed E-state index contributed by atoms with van der Waals surface area (Å²) in [4.78, 5) is 6.90. The summed E-state index contributed by atoms with van der Waals surface area (Å²) in [5, 5.41) is 4.19. The summed E-state index contributed by atoms with van der Waals surface area (Å²) < 4.78 is 5.46. The van der Waals surface area contributed by atoms with Crippen molar-refractivity contribution in [3.05, 3.63) is 11.7 Å². The summed E-state index contributed by atoms with van der Waals surface area (Å²) in [6, 6.07) is 0.183. The third kappa shape index (κ3) is 3.02. The monoisotopic (exact) mass is 296 g/mol. The van der Waals surface area contributed by atoms with Crippen molar-refractivity contribution in [2.75, 3.05) is 25.1 Å². The number of rotatable bonds is 3. The van der Waals surface area contributed by atoms with Gasteiger partial charge in [0.1, 0.15) is 0 Å². The van der Waals surface area contributed by atoms with Crippen LogP contribution in [0.2, 0.25) is 0 Å². The molecule has 2 aliphatic rings. The Morgan fingerprint density at radius 1 is 1.35 bits per heavy atom. The fourth-order valence-corrected chi connectivity index (χ4v) is 4.38. The van der Waals surface area contributed by atoms with Gasteiger partial charge in [0.2, 0.25) is 5.89 Å². The summed E-state index contributed by atoms with van der Waals surface area (Å²) in [5.74, 6) is 4.17. The van der Waals surface area contributed by atoms with Gasteiger partial charge in [-0.2, -0.15) is 16.7 Å². The fraction of sp³-hybridized carbons (Fsp3) is 0.857.